The molecule has 3 heterocycles. The highest BCUT2D eigenvalue weighted by Crippen LogP contribution is 2.48. The predicted octanol–water partition coefficient (Wildman–Crippen LogP) is 26.1. The molecular formula is C95H71N3. The van der Waals surface area contributed by atoms with Crippen molar-refractivity contribution in [3.8, 4) is 100 Å². The number of hydrogen-bond donors (Lipinski definition) is 0. The standard InChI is InChI=1S/C48H36N2.C47H35N/c1-48(2,3)40-28-38-19-21-41-43(35-13-11-32(12-14-35)31-7-9-33(10-8-31)34-23-26-49-27-24-34)30-44(42-22-20-39(29-40)46(38)47(41)42)36-15-17-37(18-16-36)45-6-4-5-25-50-45;1-47(2,3)38-26-35-21-23-41-43(33-15-13-30(14-16-33)37-10-7-25-48-29-37)28-44(42-24-22-36(27-38)45(35)46(41)42)34-19-17-32(18-20-34)40-12-6-9-31-8-4-5-11-39(31)40/h4-30H,1-3H3;4-29H,1-3H3. The van der Waals surface area contributed by atoms with Gasteiger partial charge in [0, 0.05) is 36.5 Å². The zero-order chi connectivity index (χ0) is 66.2. The van der Waals surface area contributed by atoms with Gasteiger partial charge in [0.15, 0.2) is 0 Å². The van der Waals surface area contributed by atoms with Gasteiger partial charge in [0.25, 0.3) is 0 Å². The van der Waals surface area contributed by atoms with E-state index in [9.17, 15) is 0 Å². The van der Waals surface area contributed by atoms with Crippen LogP contribution in [0.25, 0.3) is 176 Å². The smallest absolute Gasteiger partial charge is 0.0701 e. The van der Waals surface area contributed by atoms with E-state index < -0.39 is 0 Å². The zero-order valence-electron chi connectivity index (χ0n) is 55.9. The SMILES string of the molecule is CC(C)(C)c1cc2ccc3c(-c4ccc(-c5ccc(-c6ccncc6)cc5)cc4)cc(-c4ccc(-c5ccccn5)cc4)c4ccc(c1)c2c34.CC(C)(C)c1cc2ccc3c(-c4ccc(-c5cccnc5)cc4)cc(-c4ccc(-c5cccc6ccccc56)cc4)c4ccc(c1)c2c34. The van der Waals surface area contributed by atoms with Crippen molar-refractivity contribution in [2.24, 2.45) is 0 Å². The third-order valence-electron chi connectivity index (χ3n) is 20.2. The van der Waals surface area contributed by atoms with Gasteiger partial charge in [-0.15, -0.1) is 0 Å². The molecule has 0 radical (unpaired) electrons. The van der Waals surface area contributed by atoms with Crippen LogP contribution in [0.1, 0.15) is 52.7 Å². The Morgan fingerprint density at radius 3 is 1.00 bits per heavy atom. The molecule has 0 saturated heterocycles. The van der Waals surface area contributed by atoms with Crippen LogP contribution in [-0.2, 0) is 10.8 Å². The van der Waals surface area contributed by atoms with Crippen LogP contribution in [0.4, 0.5) is 0 Å². The first-order chi connectivity index (χ1) is 47.8. The maximum atomic E-state index is 4.58. The first-order valence-corrected chi connectivity index (χ1v) is 34.1. The van der Waals surface area contributed by atoms with E-state index in [1.54, 1.807) is 0 Å². The molecule has 18 rings (SSSR count). The van der Waals surface area contributed by atoms with Crippen molar-refractivity contribution in [2.45, 2.75) is 52.4 Å². The van der Waals surface area contributed by atoms with Crippen LogP contribution in [0.15, 0.2) is 322 Å². The number of rotatable bonds is 9. The summed E-state index contributed by atoms with van der Waals surface area (Å²) in [6.45, 7) is 13.8. The molecule has 0 amide bonds. The molecule has 0 atom stereocenters. The Hall–Kier alpha value is -11.9. The van der Waals surface area contributed by atoms with E-state index in [2.05, 4.69) is 317 Å². The monoisotopic (exact) mass is 1250 g/mol. The zero-order valence-corrected chi connectivity index (χ0v) is 55.9. The Kier molecular flexibility index (Phi) is 14.7. The first kappa shape index (κ1) is 59.8. The molecule has 0 bridgehead atoms. The lowest BCUT2D eigenvalue weighted by Crippen LogP contribution is -2.10. The highest BCUT2D eigenvalue weighted by Gasteiger charge is 2.23. The third-order valence-corrected chi connectivity index (χ3v) is 20.2. The van der Waals surface area contributed by atoms with Crippen LogP contribution in [0, 0.1) is 0 Å². The van der Waals surface area contributed by atoms with Crippen molar-refractivity contribution in [1.82, 2.24) is 15.0 Å². The maximum Gasteiger partial charge on any atom is 0.0701 e. The van der Waals surface area contributed by atoms with E-state index in [0.29, 0.717) is 0 Å². The average Bonchev–Trinajstić information content (AvgIpc) is 0.724. The molecule has 0 spiro atoms. The second kappa shape index (κ2) is 24.1. The Morgan fingerprint density at radius 1 is 0.214 bits per heavy atom. The second-order valence-electron chi connectivity index (χ2n) is 28.3. The fourth-order valence-corrected chi connectivity index (χ4v) is 14.9. The average molecular weight is 1250 g/mol. The molecule has 3 nitrogen and oxygen atoms in total. The lowest BCUT2D eigenvalue weighted by Gasteiger charge is -2.23. The van der Waals surface area contributed by atoms with Gasteiger partial charge in [-0.2, -0.15) is 0 Å². The van der Waals surface area contributed by atoms with Gasteiger partial charge in [0.1, 0.15) is 0 Å². The largest absolute Gasteiger partial charge is 0.265 e. The van der Waals surface area contributed by atoms with Crippen molar-refractivity contribution in [1.29, 1.82) is 0 Å². The van der Waals surface area contributed by atoms with Gasteiger partial charge in [0.05, 0.1) is 5.69 Å². The fourth-order valence-electron chi connectivity index (χ4n) is 14.9. The molecule has 18 aromatic rings. The molecule has 0 saturated carbocycles. The van der Waals surface area contributed by atoms with Crippen molar-refractivity contribution in [3.63, 3.8) is 0 Å². The summed E-state index contributed by atoms with van der Waals surface area (Å²) in [6.07, 6.45) is 9.28. The summed E-state index contributed by atoms with van der Waals surface area (Å²) in [5.74, 6) is 0. The van der Waals surface area contributed by atoms with Crippen LogP contribution in [-0.4, -0.2) is 15.0 Å². The molecule has 3 heteroatoms. The van der Waals surface area contributed by atoms with E-state index in [-0.39, 0.29) is 10.8 Å². The summed E-state index contributed by atoms with van der Waals surface area (Å²) >= 11 is 0. The van der Waals surface area contributed by atoms with Crippen molar-refractivity contribution < 1.29 is 0 Å². The Labute approximate surface area is 572 Å². The van der Waals surface area contributed by atoms with Crippen molar-refractivity contribution in [3.05, 3.63) is 333 Å². The van der Waals surface area contributed by atoms with Gasteiger partial charge in [0.2, 0.25) is 0 Å². The molecule has 0 unspecified atom stereocenters. The van der Waals surface area contributed by atoms with Gasteiger partial charge in [-0.05, 0) is 229 Å². The minimum Gasteiger partial charge on any atom is -0.265 e. The second-order valence-corrected chi connectivity index (χ2v) is 28.3. The molecule has 0 N–H and O–H groups in total. The van der Waals surface area contributed by atoms with Gasteiger partial charge >= 0.3 is 0 Å². The molecule has 0 aliphatic carbocycles. The quantitative estimate of drug-likeness (QED) is 0.135. The van der Waals surface area contributed by atoms with Crippen molar-refractivity contribution in [2.75, 3.05) is 0 Å². The van der Waals surface area contributed by atoms with Crippen LogP contribution in [0.2, 0.25) is 0 Å². The van der Waals surface area contributed by atoms with Crippen LogP contribution >= 0.6 is 0 Å². The molecule has 0 fully saturated rings. The lowest BCUT2D eigenvalue weighted by atomic mass is 9.81. The topological polar surface area (TPSA) is 38.7 Å². The highest BCUT2D eigenvalue weighted by atomic mass is 14.7. The Bertz CT molecular complexity index is 5920. The van der Waals surface area contributed by atoms with Gasteiger partial charge in [-0.25, -0.2) is 0 Å². The van der Waals surface area contributed by atoms with Crippen LogP contribution in [0.5, 0.6) is 0 Å². The molecular weight excluding hydrogens is 1180 g/mol. The van der Waals surface area contributed by atoms with Gasteiger partial charge in [-0.1, -0.05) is 290 Å². The summed E-state index contributed by atoms with van der Waals surface area (Å²) in [5, 5.41) is 18.2. The molecule has 0 aliphatic rings. The van der Waals surface area contributed by atoms with E-state index >= 15 is 0 Å². The van der Waals surface area contributed by atoms with E-state index in [0.717, 1.165) is 16.8 Å². The van der Waals surface area contributed by atoms with Crippen LogP contribution < -0.4 is 0 Å². The van der Waals surface area contributed by atoms with E-state index in [1.807, 2.05) is 61.3 Å². The Balaban J connectivity index is 0.000000147. The maximum absolute atomic E-state index is 4.58. The minimum atomic E-state index is 0.0667. The number of aromatic nitrogens is 3. The number of fused-ring (bicyclic) bond motifs is 1. The minimum absolute atomic E-state index is 0.0667. The summed E-state index contributed by atoms with van der Waals surface area (Å²) in [7, 11) is 0. The Morgan fingerprint density at radius 2 is 0.592 bits per heavy atom. The summed E-state index contributed by atoms with van der Waals surface area (Å²) in [4.78, 5) is 13.1. The number of nitrogens with zero attached hydrogens (tertiary/aromatic N) is 3. The summed E-state index contributed by atoms with van der Waals surface area (Å²) < 4.78 is 0. The molecule has 98 heavy (non-hydrogen) atoms. The van der Waals surface area contributed by atoms with E-state index in [1.165, 1.54) is 170 Å². The number of benzene rings is 15. The van der Waals surface area contributed by atoms with Gasteiger partial charge < -0.3 is 0 Å². The lowest BCUT2D eigenvalue weighted by molar-refractivity contribution is 0.591. The summed E-state index contributed by atoms with van der Waals surface area (Å²) in [6, 6.07) is 107. The third kappa shape index (κ3) is 10.9. The normalized spacial score (nSPS) is 12.0. The fraction of sp³-hybridized carbons (Fsp3) is 0.0842. The van der Waals surface area contributed by atoms with E-state index in [4.69, 9.17) is 0 Å². The number of pyridine rings is 3. The molecule has 3 aromatic heterocycles. The predicted molar refractivity (Wildman–Crippen MR) is 418 cm³/mol. The van der Waals surface area contributed by atoms with Crippen LogP contribution in [0.3, 0.4) is 0 Å². The highest BCUT2D eigenvalue weighted by molar-refractivity contribution is 6.30. The molecule has 466 valence electrons. The van der Waals surface area contributed by atoms with Crippen molar-refractivity contribution >= 4 is 75.4 Å². The first-order valence-electron chi connectivity index (χ1n) is 34.1. The molecule has 15 aromatic carbocycles. The van der Waals surface area contributed by atoms with Gasteiger partial charge in [-0.3, -0.25) is 15.0 Å². The summed E-state index contributed by atoms with van der Waals surface area (Å²) in [5.41, 5.74) is 24.4. The molecule has 0 aliphatic heterocycles. The number of hydrogen-bond acceptors (Lipinski definition) is 3.